The summed E-state index contributed by atoms with van der Waals surface area (Å²) < 4.78 is 12.1. The predicted molar refractivity (Wildman–Crippen MR) is 267 cm³/mol. The fraction of sp³-hybridized carbons (Fsp3) is 0.453. The van der Waals surface area contributed by atoms with Crippen LogP contribution in [0.3, 0.4) is 0 Å². The predicted octanol–water partition coefficient (Wildman–Crippen LogP) is 8.21. The Morgan fingerprint density at radius 3 is 1.97 bits per heavy atom. The van der Waals surface area contributed by atoms with E-state index in [1.807, 2.05) is 77.4 Å². The molecule has 348 valence electrons. The van der Waals surface area contributed by atoms with Gasteiger partial charge in [-0.1, -0.05) is 87.5 Å². The van der Waals surface area contributed by atoms with E-state index in [1.165, 1.54) is 11.3 Å². The summed E-state index contributed by atoms with van der Waals surface area (Å²) in [7, 11) is 0.331. The monoisotopic (exact) mass is 901 g/mol. The average molecular weight is 901 g/mol. The zero-order valence-electron chi connectivity index (χ0n) is 40.2. The first-order valence-electron chi connectivity index (χ1n) is 23.4. The fourth-order valence-corrected chi connectivity index (χ4v) is 9.17. The first-order valence-corrected chi connectivity index (χ1v) is 26.3. The molecule has 2 saturated heterocycles. The lowest BCUT2D eigenvalue weighted by molar-refractivity contribution is -0.145. The Kier molecular flexibility index (Phi) is 17.1. The molecule has 0 radical (unpaired) electrons. The molecule has 3 amide bonds. The molecular formula is C53H72N6O5Si. The van der Waals surface area contributed by atoms with Gasteiger partial charge >= 0.3 is 0 Å². The number of anilines is 2. The van der Waals surface area contributed by atoms with Gasteiger partial charge in [-0.2, -0.15) is 0 Å². The summed E-state index contributed by atoms with van der Waals surface area (Å²) in [5.74, 6) is 0.608. The molecule has 0 unspecified atom stereocenters. The molecule has 12 heteroatoms. The van der Waals surface area contributed by atoms with Crippen LogP contribution in [0.25, 0.3) is 6.08 Å². The topological polar surface area (TPSA) is 89.1 Å². The van der Waals surface area contributed by atoms with Gasteiger partial charge in [-0.25, -0.2) is 0 Å². The van der Waals surface area contributed by atoms with Crippen molar-refractivity contribution in [1.29, 1.82) is 0 Å². The van der Waals surface area contributed by atoms with Crippen molar-refractivity contribution < 1.29 is 23.5 Å². The van der Waals surface area contributed by atoms with Crippen molar-refractivity contribution in [3.8, 4) is 5.75 Å². The number of hydrogen-bond acceptors (Lipinski definition) is 8. The van der Waals surface area contributed by atoms with Crippen molar-refractivity contribution in [2.75, 3.05) is 89.0 Å². The molecule has 2 aliphatic heterocycles. The molecule has 2 fully saturated rings. The van der Waals surface area contributed by atoms with Crippen molar-refractivity contribution in [3.63, 3.8) is 0 Å². The second-order valence-electron chi connectivity index (χ2n) is 19.0. The summed E-state index contributed by atoms with van der Waals surface area (Å²) in [6.07, 6.45) is 3.80. The number of nitrogens with zero attached hydrogens (tertiary/aromatic N) is 6. The average Bonchev–Trinajstić information content (AvgIpc) is 3.30. The first-order chi connectivity index (χ1) is 31.1. The SMILES string of the molecule is CCOc1ccc(/C=C\C(=O)N(Cc2ccc(N3CCN(C(C)=O)CC3)cc2)[C@@H](Cc2ccccc2)C(=O)N2CCN(Cc3ccc(N(C)CCO[Si](C)(C)C(C)(C)C)cc3)CC2)cc1. The van der Waals surface area contributed by atoms with Crippen molar-refractivity contribution in [3.05, 3.63) is 131 Å². The molecule has 2 heterocycles. The Balaban J connectivity index is 1.15. The molecule has 0 aliphatic carbocycles. The number of hydrogen-bond donors (Lipinski definition) is 0. The number of piperazine rings is 2. The smallest absolute Gasteiger partial charge is 0.247 e. The van der Waals surface area contributed by atoms with E-state index in [-0.39, 0.29) is 29.3 Å². The molecule has 65 heavy (non-hydrogen) atoms. The molecule has 11 nitrogen and oxygen atoms in total. The van der Waals surface area contributed by atoms with Crippen LogP contribution in [-0.2, 0) is 38.3 Å². The lowest BCUT2D eigenvalue weighted by atomic mass is 10.0. The number of benzene rings is 4. The van der Waals surface area contributed by atoms with Gasteiger partial charge < -0.3 is 33.7 Å². The van der Waals surface area contributed by atoms with E-state index in [2.05, 4.69) is 104 Å². The van der Waals surface area contributed by atoms with E-state index in [0.29, 0.717) is 45.8 Å². The Morgan fingerprint density at radius 2 is 1.37 bits per heavy atom. The van der Waals surface area contributed by atoms with E-state index in [0.717, 1.165) is 67.4 Å². The largest absolute Gasteiger partial charge is 0.494 e. The third-order valence-corrected chi connectivity index (χ3v) is 17.9. The summed E-state index contributed by atoms with van der Waals surface area (Å²) in [6.45, 7) is 23.7. The summed E-state index contributed by atoms with van der Waals surface area (Å²) in [4.78, 5) is 53.9. The molecule has 6 rings (SSSR count). The number of carbonyl (C=O) groups is 3. The molecule has 1 atom stereocenters. The third kappa shape index (κ3) is 13.8. The molecular weight excluding hydrogens is 829 g/mol. The van der Waals surface area contributed by atoms with Crippen LogP contribution in [0, 0.1) is 0 Å². The lowest BCUT2D eigenvalue weighted by Gasteiger charge is -2.39. The normalized spacial score (nSPS) is 15.5. The van der Waals surface area contributed by atoms with Gasteiger partial charge in [0.15, 0.2) is 8.32 Å². The molecule has 2 aliphatic rings. The Hall–Kier alpha value is -5.43. The van der Waals surface area contributed by atoms with Crippen molar-refractivity contribution >= 4 is 43.5 Å². The number of carbonyl (C=O) groups excluding carboxylic acids is 3. The summed E-state index contributed by atoms with van der Waals surface area (Å²) in [6, 6.07) is 34.0. The minimum Gasteiger partial charge on any atom is -0.494 e. The van der Waals surface area contributed by atoms with Crippen molar-refractivity contribution in [2.24, 2.45) is 0 Å². The van der Waals surface area contributed by atoms with Crippen molar-refractivity contribution in [1.82, 2.24) is 19.6 Å². The van der Waals surface area contributed by atoms with Crippen LogP contribution in [0.15, 0.2) is 109 Å². The van der Waals surface area contributed by atoms with Crippen LogP contribution in [0.1, 0.15) is 56.9 Å². The quantitative estimate of drug-likeness (QED) is 0.0730. The van der Waals surface area contributed by atoms with Crippen molar-refractivity contribution in [2.45, 2.75) is 78.3 Å². The van der Waals surface area contributed by atoms with E-state index in [9.17, 15) is 14.4 Å². The molecule has 0 spiro atoms. The van der Waals surface area contributed by atoms with E-state index < -0.39 is 14.4 Å². The van der Waals surface area contributed by atoms with E-state index in [1.54, 1.807) is 17.9 Å². The van der Waals surface area contributed by atoms with Gasteiger partial charge in [-0.3, -0.25) is 19.3 Å². The van der Waals surface area contributed by atoms with Gasteiger partial charge in [0, 0.05) is 110 Å². The zero-order valence-corrected chi connectivity index (χ0v) is 41.2. The molecule has 0 bridgehead atoms. The summed E-state index contributed by atoms with van der Waals surface area (Å²) in [5, 5.41) is 0.191. The van der Waals surface area contributed by atoms with Crippen LogP contribution in [0.4, 0.5) is 11.4 Å². The summed E-state index contributed by atoms with van der Waals surface area (Å²) >= 11 is 0. The van der Waals surface area contributed by atoms with Gasteiger partial charge in [-0.15, -0.1) is 0 Å². The second-order valence-corrected chi connectivity index (χ2v) is 23.8. The molecule has 4 aromatic rings. The highest BCUT2D eigenvalue weighted by Gasteiger charge is 2.37. The lowest BCUT2D eigenvalue weighted by Crippen LogP contribution is -2.56. The van der Waals surface area contributed by atoms with E-state index >= 15 is 0 Å². The maximum atomic E-state index is 14.9. The number of amides is 3. The fourth-order valence-electron chi connectivity index (χ4n) is 8.14. The Bertz CT molecular complexity index is 2160. The summed E-state index contributed by atoms with van der Waals surface area (Å²) in [5.41, 5.74) is 6.28. The van der Waals surface area contributed by atoms with Crippen LogP contribution in [-0.4, -0.2) is 131 Å². The van der Waals surface area contributed by atoms with Crippen LogP contribution >= 0.6 is 0 Å². The minimum absolute atomic E-state index is 0.0405. The van der Waals surface area contributed by atoms with Crippen LogP contribution in [0.5, 0.6) is 5.75 Å². The van der Waals surface area contributed by atoms with Gasteiger partial charge in [0.25, 0.3) is 0 Å². The molecule has 0 saturated carbocycles. The Labute approximate surface area is 389 Å². The molecule has 0 aromatic heterocycles. The molecule has 0 N–H and O–H groups in total. The van der Waals surface area contributed by atoms with Gasteiger partial charge in [0.2, 0.25) is 17.7 Å². The van der Waals surface area contributed by atoms with E-state index in [4.69, 9.17) is 9.16 Å². The number of rotatable bonds is 18. The molecule has 4 aromatic carbocycles. The maximum absolute atomic E-state index is 14.9. The second kappa shape index (κ2) is 22.7. The van der Waals surface area contributed by atoms with Gasteiger partial charge in [0.1, 0.15) is 11.8 Å². The maximum Gasteiger partial charge on any atom is 0.247 e. The van der Waals surface area contributed by atoms with Gasteiger partial charge in [-0.05, 0) is 89.8 Å². The Morgan fingerprint density at radius 1 is 0.754 bits per heavy atom. The number of likely N-dealkylation sites (N-methyl/N-ethyl adjacent to an activating group) is 1. The van der Waals surface area contributed by atoms with Crippen LogP contribution in [0.2, 0.25) is 18.1 Å². The van der Waals surface area contributed by atoms with Gasteiger partial charge in [0.05, 0.1) is 13.2 Å². The third-order valence-electron chi connectivity index (χ3n) is 13.4. The zero-order chi connectivity index (χ0) is 46.6. The van der Waals surface area contributed by atoms with Crippen LogP contribution < -0.4 is 14.5 Å². The highest BCUT2D eigenvalue weighted by atomic mass is 28.4. The highest BCUT2D eigenvalue weighted by Crippen LogP contribution is 2.36. The first kappa shape index (κ1) is 49.0. The standard InChI is InChI=1S/C53H72N6O5Si/c1-9-63-49-26-19-43(20-27-49)21-28-51(61)59(41-46-17-24-48(25-18-46)57-35-33-56(34-36-57)42(2)60)50(39-44-13-11-10-12-14-44)52(62)58-31-29-55(30-32-58)40-45-15-22-47(23-16-45)54(6)37-38-64-65(7,8)53(3,4)5/h10-28,50H,9,29-41H2,1-8H3/b28-21-/t50-/m0/s1. The highest BCUT2D eigenvalue weighted by molar-refractivity contribution is 6.74. The number of ether oxygens (including phenoxy) is 1. The minimum atomic E-state index is -1.79.